The van der Waals surface area contributed by atoms with Crippen LogP contribution in [-0.4, -0.2) is 35.8 Å². The van der Waals surface area contributed by atoms with Crippen LogP contribution in [0.4, 0.5) is 0 Å². The molecule has 0 saturated carbocycles. The van der Waals surface area contributed by atoms with E-state index in [0.29, 0.717) is 58.7 Å². The summed E-state index contributed by atoms with van der Waals surface area (Å²) < 4.78 is 23.2. The summed E-state index contributed by atoms with van der Waals surface area (Å²) in [5, 5.41) is 0.637. The zero-order valence-electron chi connectivity index (χ0n) is 23.7. The van der Waals surface area contributed by atoms with Crippen LogP contribution in [0.3, 0.4) is 0 Å². The first kappa shape index (κ1) is 30.8. The lowest BCUT2D eigenvalue weighted by molar-refractivity contribution is 0.111. The van der Waals surface area contributed by atoms with Crippen LogP contribution in [-0.2, 0) is 13.2 Å². The minimum absolute atomic E-state index is 0.0882. The standard InChI is InChI=1S/C32H30Cl2N2O6/c1-5-39-31-21(15-37)13-25(33)27(35-31)17-41-29-11-7-9-23(19(29)3)24-10-8-12-30(20(24)4)42-18-28-26(34)14-22(16-38)32(36-28)40-6-2/h7-16H,5-6,17-18H2,1-4H3. The normalized spacial score (nSPS) is 10.7. The quantitative estimate of drug-likeness (QED) is 0.143. The molecule has 0 spiro atoms. The molecule has 0 radical (unpaired) electrons. The fourth-order valence-electron chi connectivity index (χ4n) is 4.34. The van der Waals surface area contributed by atoms with Crippen molar-refractivity contribution in [2.75, 3.05) is 13.2 Å². The molecule has 2 aromatic carbocycles. The molecule has 0 aliphatic carbocycles. The van der Waals surface area contributed by atoms with Gasteiger partial charge in [-0.3, -0.25) is 9.59 Å². The van der Waals surface area contributed by atoms with E-state index in [1.54, 1.807) is 0 Å². The van der Waals surface area contributed by atoms with Crippen molar-refractivity contribution in [3.8, 4) is 34.4 Å². The first-order chi connectivity index (χ1) is 20.3. The third kappa shape index (κ3) is 6.83. The molecule has 0 N–H and O–H groups in total. The summed E-state index contributed by atoms with van der Waals surface area (Å²) in [7, 11) is 0. The molecule has 0 aliphatic rings. The number of nitrogens with zero attached hydrogens (tertiary/aromatic N) is 2. The summed E-state index contributed by atoms with van der Waals surface area (Å²) in [5.74, 6) is 1.75. The van der Waals surface area contributed by atoms with E-state index in [1.165, 1.54) is 12.1 Å². The number of rotatable bonds is 13. The maximum atomic E-state index is 11.4. The Kier molecular flexibility index (Phi) is 10.4. The molecule has 0 aliphatic heterocycles. The molecule has 4 aromatic rings. The summed E-state index contributed by atoms with van der Waals surface area (Å²) in [6, 6.07) is 14.6. The molecule has 0 atom stereocenters. The molecule has 8 nitrogen and oxygen atoms in total. The number of carbonyl (C=O) groups is 2. The van der Waals surface area contributed by atoms with Crippen molar-refractivity contribution in [3.05, 3.63) is 92.2 Å². The van der Waals surface area contributed by atoms with Gasteiger partial charge in [0.2, 0.25) is 11.8 Å². The minimum Gasteiger partial charge on any atom is -0.487 e. The zero-order valence-corrected chi connectivity index (χ0v) is 25.2. The summed E-state index contributed by atoms with van der Waals surface area (Å²) in [6.07, 6.45) is 1.32. The zero-order chi connectivity index (χ0) is 30.2. The van der Waals surface area contributed by atoms with E-state index in [4.69, 9.17) is 42.1 Å². The van der Waals surface area contributed by atoms with Gasteiger partial charge in [0.15, 0.2) is 12.6 Å². The van der Waals surface area contributed by atoms with Crippen LogP contribution in [0.15, 0.2) is 48.5 Å². The Morgan fingerprint density at radius 2 is 1.07 bits per heavy atom. The molecular weight excluding hydrogens is 579 g/mol. The maximum absolute atomic E-state index is 11.4. The fraction of sp³-hybridized carbons (Fsp3) is 0.250. The molecule has 4 rings (SSSR count). The fourth-order valence-corrected chi connectivity index (χ4v) is 4.77. The number of pyridine rings is 2. The van der Waals surface area contributed by atoms with Crippen molar-refractivity contribution in [1.29, 1.82) is 0 Å². The maximum Gasteiger partial charge on any atom is 0.224 e. The van der Waals surface area contributed by atoms with Crippen molar-refractivity contribution in [1.82, 2.24) is 9.97 Å². The molecule has 0 bridgehead atoms. The van der Waals surface area contributed by atoms with Crippen molar-refractivity contribution >= 4 is 35.8 Å². The van der Waals surface area contributed by atoms with E-state index in [1.807, 2.05) is 64.1 Å². The number of halogens is 2. The van der Waals surface area contributed by atoms with Crippen LogP contribution < -0.4 is 18.9 Å². The molecular formula is C32H30Cl2N2O6. The van der Waals surface area contributed by atoms with E-state index < -0.39 is 0 Å². The molecule has 42 heavy (non-hydrogen) atoms. The Bertz CT molecular complexity index is 1490. The van der Waals surface area contributed by atoms with E-state index in [0.717, 1.165) is 22.3 Å². The van der Waals surface area contributed by atoms with E-state index in [-0.39, 0.29) is 36.1 Å². The Morgan fingerprint density at radius 1 is 0.667 bits per heavy atom. The predicted molar refractivity (Wildman–Crippen MR) is 162 cm³/mol. The van der Waals surface area contributed by atoms with E-state index in [9.17, 15) is 9.59 Å². The van der Waals surface area contributed by atoms with Crippen molar-refractivity contribution in [2.24, 2.45) is 0 Å². The molecule has 2 heterocycles. The highest BCUT2D eigenvalue weighted by Gasteiger charge is 2.17. The Balaban J connectivity index is 1.56. The highest BCUT2D eigenvalue weighted by molar-refractivity contribution is 6.31. The van der Waals surface area contributed by atoms with E-state index >= 15 is 0 Å². The second-order valence-electron chi connectivity index (χ2n) is 9.16. The summed E-state index contributed by atoms with van der Waals surface area (Å²) in [5.41, 5.74) is 5.25. The van der Waals surface area contributed by atoms with Gasteiger partial charge in [0.1, 0.15) is 36.1 Å². The lowest BCUT2D eigenvalue weighted by Crippen LogP contribution is -2.06. The van der Waals surface area contributed by atoms with Gasteiger partial charge < -0.3 is 18.9 Å². The molecule has 218 valence electrons. The van der Waals surface area contributed by atoms with Crippen molar-refractivity contribution < 1.29 is 28.5 Å². The number of carbonyl (C=O) groups excluding carboxylic acids is 2. The van der Waals surface area contributed by atoms with Crippen LogP contribution in [0.25, 0.3) is 11.1 Å². The van der Waals surface area contributed by atoms with Crippen LogP contribution in [0.2, 0.25) is 10.0 Å². The lowest BCUT2D eigenvalue weighted by Gasteiger charge is -2.17. The first-order valence-electron chi connectivity index (χ1n) is 13.3. The topological polar surface area (TPSA) is 96.8 Å². The highest BCUT2D eigenvalue weighted by atomic mass is 35.5. The predicted octanol–water partition coefficient (Wildman–Crippen LogP) is 7.65. The van der Waals surface area contributed by atoms with Crippen LogP contribution >= 0.6 is 23.2 Å². The molecule has 0 saturated heterocycles. The van der Waals surface area contributed by atoms with Crippen LogP contribution in [0.1, 0.15) is 57.1 Å². The third-order valence-electron chi connectivity index (χ3n) is 6.49. The Hall–Kier alpha value is -4.14. The number of hydrogen-bond acceptors (Lipinski definition) is 8. The van der Waals surface area contributed by atoms with Crippen molar-refractivity contribution in [3.63, 3.8) is 0 Å². The summed E-state index contributed by atoms with van der Waals surface area (Å²) in [4.78, 5) is 31.5. The van der Waals surface area contributed by atoms with Gasteiger partial charge in [-0.05, 0) is 74.2 Å². The van der Waals surface area contributed by atoms with Gasteiger partial charge in [0.05, 0.1) is 34.4 Å². The van der Waals surface area contributed by atoms with Gasteiger partial charge in [-0.15, -0.1) is 0 Å². The number of ether oxygens (including phenoxy) is 4. The number of hydrogen-bond donors (Lipinski definition) is 0. The van der Waals surface area contributed by atoms with Gasteiger partial charge in [-0.25, -0.2) is 9.97 Å². The second kappa shape index (κ2) is 14.2. The SMILES string of the molecule is CCOc1nc(COc2cccc(-c3cccc(OCc4nc(OCC)c(C=O)cc4Cl)c3C)c2C)c(Cl)cc1C=O. The van der Waals surface area contributed by atoms with Gasteiger partial charge in [0, 0.05) is 0 Å². The van der Waals surface area contributed by atoms with Crippen molar-refractivity contribution in [2.45, 2.75) is 40.9 Å². The number of aromatic nitrogens is 2. The van der Waals surface area contributed by atoms with Crippen LogP contribution in [0, 0.1) is 13.8 Å². The van der Waals surface area contributed by atoms with Crippen LogP contribution in [0.5, 0.6) is 23.3 Å². The molecule has 2 aromatic heterocycles. The molecule has 0 amide bonds. The number of benzene rings is 2. The molecule has 10 heteroatoms. The van der Waals surface area contributed by atoms with Gasteiger partial charge in [-0.2, -0.15) is 0 Å². The highest BCUT2D eigenvalue weighted by Crippen LogP contribution is 2.36. The first-order valence-corrected chi connectivity index (χ1v) is 14.1. The third-order valence-corrected chi connectivity index (χ3v) is 7.14. The van der Waals surface area contributed by atoms with Gasteiger partial charge in [0.25, 0.3) is 0 Å². The lowest BCUT2D eigenvalue weighted by atomic mass is 9.95. The van der Waals surface area contributed by atoms with Gasteiger partial charge in [-0.1, -0.05) is 47.5 Å². The largest absolute Gasteiger partial charge is 0.487 e. The number of aldehydes is 2. The minimum atomic E-state index is 0.0882. The molecule has 0 fully saturated rings. The second-order valence-corrected chi connectivity index (χ2v) is 9.97. The van der Waals surface area contributed by atoms with Gasteiger partial charge >= 0.3 is 0 Å². The monoisotopic (exact) mass is 608 g/mol. The summed E-state index contributed by atoms with van der Waals surface area (Å²) in [6.45, 7) is 8.48. The van der Waals surface area contributed by atoms with E-state index in [2.05, 4.69) is 9.97 Å². The average Bonchev–Trinajstić information content (AvgIpc) is 2.98. The average molecular weight is 610 g/mol. The Labute approximate surface area is 254 Å². The smallest absolute Gasteiger partial charge is 0.224 e. The summed E-state index contributed by atoms with van der Waals surface area (Å²) >= 11 is 12.7. The molecule has 0 unspecified atom stereocenters. The Morgan fingerprint density at radius 3 is 1.43 bits per heavy atom.